The number of aliphatic hydroxyl groups is 1. The summed E-state index contributed by atoms with van der Waals surface area (Å²) in [5.41, 5.74) is 6.77. The Morgan fingerprint density at radius 2 is 1.41 bits per heavy atom. The molecule has 0 aliphatic rings. The van der Waals surface area contributed by atoms with Crippen molar-refractivity contribution < 1.29 is 71.7 Å². The molecule has 0 aliphatic carbocycles. The van der Waals surface area contributed by atoms with Crippen molar-refractivity contribution in [2.45, 2.75) is 117 Å². The standard InChI is InChI=1S/C56H70F2N8O13/c1-34(25-46(69)35(2)62-55(78)79-33-37-15-10-7-11-16-37)52(75)64-44(28-47(59)70)54(77)63-43(53(76)60-23-12-17-40(68)29-61-48(71)20-21-50(73)74)22-24-66(49(72)32-67)51(56(3,4)5)45-26-38(41-27-39(57)18-19-42(41)58)31-65(45)30-36-13-8-6-9-14-36/h6-11,13-16,18-19,26-27,31,34-35,43-44,51,67H,12,17,20-25,28-30,32-33H2,1-5H3,(H2,59,70)(H,60,76)(H,61,71)(H,62,78)(H,63,77)(H,64,75)(H,73,74)/t34-,35-,43-,44-,51-/m0/s1. The van der Waals surface area contributed by atoms with E-state index in [1.807, 2.05) is 30.3 Å². The van der Waals surface area contributed by atoms with Crippen molar-refractivity contribution in [3.8, 4) is 11.1 Å². The molecule has 4 rings (SSSR count). The lowest BCUT2D eigenvalue weighted by Gasteiger charge is -2.41. The van der Waals surface area contributed by atoms with E-state index < -0.39 is 139 Å². The van der Waals surface area contributed by atoms with Crippen LogP contribution in [0.25, 0.3) is 11.1 Å². The summed E-state index contributed by atoms with van der Waals surface area (Å²) in [6.45, 7) is 6.35. The molecule has 21 nitrogen and oxygen atoms in total. The molecular formula is C56H70F2N8O13. The number of carboxylic acid groups (broad SMARTS) is 1. The van der Waals surface area contributed by atoms with Gasteiger partial charge in [0, 0.05) is 67.8 Å². The number of carbonyl (C=O) groups is 10. The predicted molar refractivity (Wildman–Crippen MR) is 284 cm³/mol. The second-order valence-electron chi connectivity index (χ2n) is 20.1. The molecule has 7 amide bonds. The molecule has 1 aromatic heterocycles. The first-order valence-electron chi connectivity index (χ1n) is 25.6. The summed E-state index contributed by atoms with van der Waals surface area (Å²) in [7, 11) is 0. The Balaban J connectivity index is 1.61. The SMILES string of the molecule is C[C@H](NC(=O)OCc1ccccc1)C(=O)C[C@H](C)C(=O)N[C@@H](CC(N)=O)C(=O)N[C@@H](CCN(C(=O)CO)[C@@H](c1cc(-c2cc(F)ccc2F)cn1Cc1ccccc1)C(C)(C)C)C(=O)NCCCC(=O)CNC(=O)CCC(=O)O. The number of aliphatic carboxylic acids is 1. The number of primary amides is 1. The number of nitrogens with two attached hydrogens (primary N) is 1. The van der Waals surface area contributed by atoms with Gasteiger partial charge in [0.1, 0.15) is 36.9 Å². The first kappa shape index (κ1) is 63.2. The number of aliphatic hydroxyl groups excluding tert-OH is 1. The molecule has 0 fully saturated rings. The van der Waals surface area contributed by atoms with Crippen molar-refractivity contribution in [2.75, 3.05) is 26.2 Å². The highest BCUT2D eigenvalue weighted by Gasteiger charge is 2.39. The second kappa shape index (κ2) is 30.6. The molecule has 0 spiro atoms. The van der Waals surface area contributed by atoms with Crippen LogP contribution in [0.3, 0.4) is 0 Å². The molecule has 4 aromatic rings. The van der Waals surface area contributed by atoms with Gasteiger partial charge in [-0.2, -0.15) is 0 Å². The van der Waals surface area contributed by atoms with Crippen LogP contribution in [0.5, 0.6) is 0 Å². The average molecular weight is 1100 g/mol. The number of halogens is 2. The molecule has 3 aromatic carbocycles. The zero-order valence-corrected chi connectivity index (χ0v) is 44.9. The fraction of sp³-hybridized carbons (Fsp3) is 0.429. The number of alkyl carbamates (subject to hydrolysis) is 1. The largest absolute Gasteiger partial charge is 0.481 e. The van der Waals surface area contributed by atoms with E-state index in [2.05, 4.69) is 26.6 Å². The number of hydrogen-bond donors (Lipinski definition) is 8. The number of benzene rings is 3. The number of Topliss-reactive ketones (excluding diaryl/α,β-unsaturated/α-hetero) is 2. The fourth-order valence-electron chi connectivity index (χ4n) is 8.44. The lowest BCUT2D eigenvalue weighted by atomic mass is 9.82. The lowest BCUT2D eigenvalue weighted by molar-refractivity contribution is -0.140. The third-order valence-electron chi connectivity index (χ3n) is 12.5. The molecule has 23 heteroatoms. The van der Waals surface area contributed by atoms with E-state index in [-0.39, 0.29) is 63.1 Å². The van der Waals surface area contributed by atoms with E-state index in [9.17, 15) is 57.4 Å². The van der Waals surface area contributed by atoms with Crippen LogP contribution < -0.4 is 32.3 Å². The molecule has 0 radical (unpaired) electrons. The van der Waals surface area contributed by atoms with Crippen LogP contribution in [0.1, 0.15) is 102 Å². The van der Waals surface area contributed by atoms with Gasteiger partial charge in [0.05, 0.1) is 31.5 Å². The number of nitrogens with zero attached hydrogens (tertiary/aromatic N) is 2. The predicted octanol–water partition coefficient (Wildman–Crippen LogP) is 3.98. The zero-order valence-electron chi connectivity index (χ0n) is 44.9. The number of hydrogen-bond acceptors (Lipinski definition) is 12. The smallest absolute Gasteiger partial charge is 0.408 e. The van der Waals surface area contributed by atoms with Crippen molar-refractivity contribution in [3.63, 3.8) is 0 Å². The molecular weight excluding hydrogens is 1030 g/mol. The second-order valence-corrected chi connectivity index (χ2v) is 20.1. The molecule has 0 bridgehead atoms. The van der Waals surface area contributed by atoms with E-state index in [0.717, 1.165) is 23.8 Å². The van der Waals surface area contributed by atoms with Gasteiger partial charge in [0.15, 0.2) is 11.6 Å². The fourth-order valence-corrected chi connectivity index (χ4v) is 8.44. The van der Waals surface area contributed by atoms with Crippen LogP contribution in [0.2, 0.25) is 0 Å². The quantitative estimate of drug-likeness (QED) is 0.0331. The number of ether oxygens (including phenoxy) is 1. The summed E-state index contributed by atoms with van der Waals surface area (Å²) in [4.78, 5) is 131. The molecule has 0 aliphatic heterocycles. The maximum absolute atomic E-state index is 15.4. The summed E-state index contributed by atoms with van der Waals surface area (Å²) in [5, 5.41) is 31.6. The van der Waals surface area contributed by atoms with E-state index in [4.69, 9.17) is 15.6 Å². The Bertz CT molecular complexity index is 2790. The normalized spacial score (nSPS) is 13.1. The minimum Gasteiger partial charge on any atom is -0.481 e. The van der Waals surface area contributed by atoms with E-state index >= 15 is 4.39 Å². The van der Waals surface area contributed by atoms with Gasteiger partial charge in [0.25, 0.3) is 0 Å². The summed E-state index contributed by atoms with van der Waals surface area (Å²) < 4.78 is 37.0. The van der Waals surface area contributed by atoms with Gasteiger partial charge in [-0.1, -0.05) is 88.4 Å². The first-order chi connectivity index (χ1) is 37.4. The summed E-state index contributed by atoms with van der Waals surface area (Å²) in [5.74, 6) is -10.1. The summed E-state index contributed by atoms with van der Waals surface area (Å²) >= 11 is 0. The molecule has 79 heavy (non-hydrogen) atoms. The van der Waals surface area contributed by atoms with Gasteiger partial charge in [0.2, 0.25) is 35.4 Å². The van der Waals surface area contributed by atoms with E-state index in [1.54, 1.807) is 67.9 Å². The number of amides is 7. The maximum Gasteiger partial charge on any atom is 0.408 e. The minimum absolute atomic E-state index is 0.0318. The van der Waals surface area contributed by atoms with Crippen LogP contribution in [0.4, 0.5) is 13.6 Å². The number of ketones is 2. The van der Waals surface area contributed by atoms with Gasteiger partial charge in [-0.05, 0) is 60.6 Å². The molecule has 426 valence electrons. The monoisotopic (exact) mass is 1100 g/mol. The highest BCUT2D eigenvalue weighted by molar-refractivity contribution is 5.96. The Morgan fingerprint density at radius 1 is 0.759 bits per heavy atom. The van der Waals surface area contributed by atoms with Crippen LogP contribution in [-0.2, 0) is 61.0 Å². The lowest BCUT2D eigenvalue weighted by Crippen LogP contribution is -2.56. The van der Waals surface area contributed by atoms with Gasteiger partial charge in [-0.25, -0.2) is 13.6 Å². The van der Waals surface area contributed by atoms with Crippen LogP contribution in [0.15, 0.2) is 91.1 Å². The highest BCUT2D eigenvalue weighted by atomic mass is 19.1. The Kier molecular flexibility index (Phi) is 24.4. The van der Waals surface area contributed by atoms with Crippen molar-refractivity contribution in [3.05, 3.63) is 120 Å². The zero-order chi connectivity index (χ0) is 58.4. The first-order valence-corrected chi connectivity index (χ1v) is 25.6. The summed E-state index contributed by atoms with van der Waals surface area (Å²) in [6.07, 6.45) is -1.75. The summed E-state index contributed by atoms with van der Waals surface area (Å²) in [6, 6.07) is 17.2. The number of nitrogens with one attached hydrogen (secondary N) is 5. The Labute approximate surface area is 456 Å². The average Bonchev–Trinajstić information content (AvgIpc) is 3.83. The number of rotatable bonds is 31. The van der Waals surface area contributed by atoms with Crippen molar-refractivity contribution in [2.24, 2.45) is 17.1 Å². The molecule has 0 saturated heterocycles. The Morgan fingerprint density at radius 3 is 2.03 bits per heavy atom. The molecule has 1 heterocycles. The number of carbonyl (C=O) groups excluding carboxylic acids is 9. The number of carboxylic acids is 1. The van der Waals surface area contributed by atoms with Crippen LogP contribution in [0, 0.1) is 23.0 Å². The van der Waals surface area contributed by atoms with Gasteiger partial charge >= 0.3 is 12.1 Å². The minimum atomic E-state index is -1.72. The highest BCUT2D eigenvalue weighted by Crippen LogP contribution is 2.41. The van der Waals surface area contributed by atoms with Crippen molar-refractivity contribution in [1.29, 1.82) is 0 Å². The van der Waals surface area contributed by atoms with Crippen molar-refractivity contribution >= 4 is 59.1 Å². The number of aromatic nitrogens is 1. The van der Waals surface area contributed by atoms with E-state index in [0.29, 0.717) is 11.3 Å². The Hall–Kier alpha value is -8.34. The van der Waals surface area contributed by atoms with Gasteiger partial charge < -0.3 is 56.7 Å². The van der Waals surface area contributed by atoms with Crippen LogP contribution >= 0.6 is 0 Å². The van der Waals surface area contributed by atoms with Gasteiger partial charge in [-0.15, -0.1) is 0 Å². The molecule has 0 unspecified atom stereocenters. The molecule has 5 atom stereocenters. The molecule has 9 N–H and O–H groups in total. The molecule has 0 saturated carbocycles. The van der Waals surface area contributed by atoms with E-state index in [1.165, 1.54) is 18.7 Å². The third-order valence-corrected chi connectivity index (χ3v) is 12.5. The maximum atomic E-state index is 15.4. The van der Waals surface area contributed by atoms with Crippen LogP contribution in [-0.4, -0.2) is 123 Å². The van der Waals surface area contributed by atoms with Gasteiger partial charge in [-0.3, -0.25) is 43.2 Å². The van der Waals surface area contributed by atoms with Crippen molar-refractivity contribution in [1.82, 2.24) is 36.1 Å². The third kappa shape index (κ3) is 20.9. The topological polar surface area (TPSA) is 315 Å².